The Balaban J connectivity index is 1.53. The summed E-state index contributed by atoms with van der Waals surface area (Å²) >= 11 is 0. The quantitative estimate of drug-likeness (QED) is 0.868. The average molecular weight is 306 g/mol. The van der Waals surface area contributed by atoms with Crippen molar-refractivity contribution in [3.63, 3.8) is 0 Å². The van der Waals surface area contributed by atoms with Crippen molar-refractivity contribution in [1.29, 1.82) is 0 Å². The van der Waals surface area contributed by atoms with Gasteiger partial charge >= 0.3 is 0 Å². The summed E-state index contributed by atoms with van der Waals surface area (Å²) in [5.74, 6) is 0.396. The molecule has 2 aliphatic rings. The molecule has 1 aromatic rings. The van der Waals surface area contributed by atoms with Crippen LogP contribution in [0.2, 0.25) is 0 Å². The maximum atomic E-state index is 12.4. The Hall–Kier alpha value is -1.89. The van der Waals surface area contributed by atoms with Gasteiger partial charge in [0.25, 0.3) is 5.91 Å². The van der Waals surface area contributed by atoms with E-state index in [1.54, 1.807) is 13.8 Å². The highest BCUT2D eigenvalue weighted by Gasteiger charge is 2.38. The van der Waals surface area contributed by atoms with E-state index in [-0.39, 0.29) is 17.7 Å². The molecule has 0 aliphatic carbocycles. The molecule has 22 heavy (non-hydrogen) atoms. The lowest BCUT2D eigenvalue weighted by Crippen LogP contribution is -2.62. The van der Waals surface area contributed by atoms with Crippen LogP contribution in [0.4, 0.5) is 0 Å². The van der Waals surface area contributed by atoms with Gasteiger partial charge in [0.15, 0.2) is 0 Å². The van der Waals surface area contributed by atoms with Crippen molar-refractivity contribution in [2.75, 3.05) is 26.2 Å². The number of aromatic nitrogens is 1. The Morgan fingerprint density at radius 3 is 2.36 bits per heavy atom. The first-order chi connectivity index (χ1) is 10.5. The number of carbonyl (C=O) groups excluding carboxylic acids is 2. The summed E-state index contributed by atoms with van der Waals surface area (Å²) in [7, 11) is 0. The number of amides is 2. The molecule has 1 aromatic heterocycles. The Kier molecular flexibility index (Phi) is 3.90. The van der Waals surface area contributed by atoms with Crippen LogP contribution in [0.1, 0.15) is 34.7 Å². The summed E-state index contributed by atoms with van der Waals surface area (Å²) in [6, 6.07) is 0.387. The van der Waals surface area contributed by atoms with Crippen LogP contribution >= 0.6 is 0 Å². The Bertz CT molecular complexity index is 564. The molecule has 0 atom stereocenters. The fraction of sp³-hybridized carbons (Fsp3) is 0.667. The predicted molar refractivity (Wildman–Crippen MR) is 79.2 cm³/mol. The van der Waals surface area contributed by atoms with Crippen LogP contribution in [-0.2, 0) is 4.79 Å². The van der Waals surface area contributed by atoms with Crippen LogP contribution in [-0.4, -0.2) is 59.0 Å². The molecule has 7 nitrogen and oxygen atoms in total. The fourth-order valence-corrected chi connectivity index (χ4v) is 3.35. The van der Waals surface area contributed by atoms with Crippen molar-refractivity contribution in [1.82, 2.24) is 15.0 Å². The highest BCUT2D eigenvalue weighted by molar-refractivity contribution is 5.96. The Labute approximate surface area is 129 Å². The Morgan fingerprint density at radius 2 is 1.86 bits per heavy atom. The van der Waals surface area contributed by atoms with E-state index >= 15 is 0 Å². The second-order valence-electron chi connectivity index (χ2n) is 6.28. The number of hydrogen-bond acceptors (Lipinski definition) is 5. The lowest BCUT2D eigenvalue weighted by molar-refractivity contribution is -0.123. The van der Waals surface area contributed by atoms with Gasteiger partial charge in [-0.3, -0.25) is 14.5 Å². The summed E-state index contributed by atoms with van der Waals surface area (Å²) in [5, 5.41) is 3.84. The first-order valence-corrected chi connectivity index (χ1v) is 7.73. The van der Waals surface area contributed by atoms with Crippen molar-refractivity contribution >= 4 is 11.8 Å². The van der Waals surface area contributed by atoms with Crippen molar-refractivity contribution in [2.45, 2.75) is 32.7 Å². The van der Waals surface area contributed by atoms with Crippen LogP contribution in [0.5, 0.6) is 0 Å². The normalized spacial score (nSPS) is 20.9. The third-order valence-corrected chi connectivity index (χ3v) is 4.85. The zero-order valence-electron chi connectivity index (χ0n) is 13.0. The molecule has 3 heterocycles. The van der Waals surface area contributed by atoms with Gasteiger partial charge in [0.1, 0.15) is 11.3 Å². The zero-order valence-corrected chi connectivity index (χ0v) is 13.0. The van der Waals surface area contributed by atoms with E-state index in [1.807, 2.05) is 4.90 Å². The number of hydrogen-bond donors (Lipinski definition) is 1. The summed E-state index contributed by atoms with van der Waals surface area (Å²) in [6.45, 7) is 6.76. The molecular formula is C15H22N4O3. The summed E-state index contributed by atoms with van der Waals surface area (Å²) < 4.78 is 5.06. The maximum absolute atomic E-state index is 12.4. The number of rotatable bonds is 3. The number of nitrogens with zero attached hydrogens (tertiary/aromatic N) is 3. The summed E-state index contributed by atoms with van der Waals surface area (Å²) in [6.07, 6.45) is 1.65. The van der Waals surface area contributed by atoms with E-state index in [1.165, 1.54) is 0 Å². The molecule has 120 valence electrons. The maximum Gasteiger partial charge on any atom is 0.259 e. The van der Waals surface area contributed by atoms with Gasteiger partial charge in [0.05, 0.1) is 5.69 Å². The van der Waals surface area contributed by atoms with Gasteiger partial charge in [-0.05, 0) is 39.8 Å². The molecule has 2 fully saturated rings. The predicted octanol–water partition coefficient (Wildman–Crippen LogP) is 0.313. The minimum atomic E-state index is -0.191. The fourth-order valence-electron chi connectivity index (χ4n) is 3.35. The lowest BCUT2D eigenvalue weighted by atomic mass is 9.93. The minimum absolute atomic E-state index is 0.000443. The summed E-state index contributed by atoms with van der Waals surface area (Å²) in [4.78, 5) is 27.8. The van der Waals surface area contributed by atoms with Gasteiger partial charge in [-0.1, -0.05) is 5.16 Å². The molecule has 0 unspecified atom stereocenters. The molecule has 2 N–H and O–H groups in total. The first-order valence-electron chi connectivity index (χ1n) is 7.73. The van der Waals surface area contributed by atoms with Crippen LogP contribution in [0.3, 0.4) is 0 Å². The van der Waals surface area contributed by atoms with Gasteiger partial charge in [0, 0.05) is 25.0 Å². The van der Waals surface area contributed by atoms with Crippen molar-refractivity contribution < 1.29 is 14.1 Å². The van der Waals surface area contributed by atoms with Crippen LogP contribution < -0.4 is 5.73 Å². The Morgan fingerprint density at radius 1 is 1.23 bits per heavy atom. The summed E-state index contributed by atoms with van der Waals surface area (Å²) in [5.41, 5.74) is 6.59. The van der Waals surface area contributed by atoms with Crippen molar-refractivity contribution in [2.24, 2.45) is 11.7 Å². The largest absolute Gasteiger partial charge is 0.369 e. The SMILES string of the molecule is Cc1noc(C)c1C(=O)N1CC(N2CCC(C(N)=O)CC2)C1. The van der Waals surface area contributed by atoms with E-state index in [9.17, 15) is 9.59 Å². The number of nitrogens with two attached hydrogens (primary N) is 1. The second-order valence-corrected chi connectivity index (χ2v) is 6.28. The van der Waals surface area contributed by atoms with Crippen LogP contribution in [0.25, 0.3) is 0 Å². The van der Waals surface area contributed by atoms with Gasteiger partial charge in [0.2, 0.25) is 5.91 Å². The van der Waals surface area contributed by atoms with E-state index in [4.69, 9.17) is 10.3 Å². The second kappa shape index (κ2) is 5.72. The van der Waals surface area contributed by atoms with Gasteiger partial charge < -0.3 is 15.2 Å². The molecule has 2 saturated heterocycles. The van der Waals surface area contributed by atoms with E-state index in [0.717, 1.165) is 39.0 Å². The average Bonchev–Trinajstić information content (AvgIpc) is 2.77. The highest BCUT2D eigenvalue weighted by Crippen LogP contribution is 2.25. The monoisotopic (exact) mass is 306 g/mol. The van der Waals surface area contributed by atoms with E-state index in [0.29, 0.717) is 23.1 Å². The zero-order chi connectivity index (χ0) is 15.9. The third kappa shape index (κ3) is 2.61. The topological polar surface area (TPSA) is 92.7 Å². The number of piperidine rings is 1. The molecule has 0 spiro atoms. The molecule has 0 radical (unpaired) electrons. The molecule has 2 aliphatic heterocycles. The smallest absolute Gasteiger partial charge is 0.259 e. The molecule has 7 heteroatoms. The molecule has 0 bridgehead atoms. The van der Waals surface area contributed by atoms with Gasteiger partial charge in [-0.15, -0.1) is 0 Å². The number of carbonyl (C=O) groups is 2. The number of aryl methyl sites for hydroxylation is 2. The standard InChI is InChI=1S/C15H22N4O3/c1-9-13(10(2)22-17-9)15(21)19-7-12(8-19)18-5-3-11(4-6-18)14(16)20/h11-12H,3-8H2,1-2H3,(H2,16,20). The van der Waals surface area contributed by atoms with Crippen LogP contribution in [0.15, 0.2) is 4.52 Å². The molecule has 3 rings (SSSR count). The van der Waals surface area contributed by atoms with Crippen molar-refractivity contribution in [3.8, 4) is 0 Å². The highest BCUT2D eigenvalue weighted by atomic mass is 16.5. The van der Waals surface area contributed by atoms with Crippen molar-refractivity contribution in [3.05, 3.63) is 17.0 Å². The first kappa shape index (κ1) is 15.0. The van der Waals surface area contributed by atoms with Gasteiger partial charge in [-0.25, -0.2) is 0 Å². The molecular weight excluding hydrogens is 284 g/mol. The van der Waals surface area contributed by atoms with Crippen LogP contribution in [0, 0.1) is 19.8 Å². The molecule has 0 aromatic carbocycles. The molecule has 0 saturated carbocycles. The van der Waals surface area contributed by atoms with Gasteiger partial charge in [-0.2, -0.15) is 0 Å². The number of likely N-dealkylation sites (tertiary alicyclic amines) is 2. The molecule has 2 amide bonds. The van der Waals surface area contributed by atoms with E-state index < -0.39 is 0 Å². The third-order valence-electron chi connectivity index (χ3n) is 4.85. The van der Waals surface area contributed by atoms with E-state index in [2.05, 4.69) is 10.1 Å². The minimum Gasteiger partial charge on any atom is -0.369 e. The lowest BCUT2D eigenvalue weighted by Gasteiger charge is -2.47. The number of primary amides is 1.